The fraction of sp³-hybridized carbons (Fsp3) is 0.897. The number of aliphatic hydroxyl groups excluding tert-OH is 1. The topological polar surface area (TPSA) is 37.3 Å². The van der Waals surface area contributed by atoms with Gasteiger partial charge in [-0.25, -0.2) is 0 Å². The minimum atomic E-state index is -0.114. The average Bonchev–Trinajstić information content (AvgIpc) is 3.06. The number of hydrogen-bond acceptors (Lipinski definition) is 2. The van der Waals surface area contributed by atoms with Gasteiger partial charge in [-0.1, -0.05) is 53.2 Å². The number of carbonyl (C=O) groups excluding carboxylic acids is 1. The Hall–Kier alpha value is -0.630. The van der Waals surface area contributed by atoms with Gasteiger partial charge in [-0.15, -0.1) is 0 Å². The number of allylic oxidation sites excluding steroid dienone is 1. The molecule has 2 heteroatoms. The van der Waals surface area contributed by atoms with Gasteiger partial charge in [-0.05, 0) is 104 Å². The molecule has 31 heavy (non-hydrogen) atoms. The van der Waals surface area contributed by atoms with Gasteiger partial charge in [-0.2, -0.15) is 0 Å². The van der Waals surface area contributed by atoms with Crippen LogP contribution in [0.1, 0.15) is 106 Å². The number of aliphatic hydroxyl groups is 1. The first-order chi connectivity index (χ1) is 14.6. The van der Waals surface area contributed by atoms with Crippen molar-refractivity contribution in [3.63, 3.8) is 0 Å². The first-order valence-electron chi connectivity index (χ1n) is 13.5. The van der Waals surface area contributed by atoms with Crippen LogP contribution in [-0.2, 0) is 4.79 Å². The fourth-order valence-corrected chi connectivity index (χ4v) is 9.30. The highest BCUT2D eigenvalue weighted by atomic mass is 16.3. The van der Waals surface area contributed by atoms with E-state index in [4.69, 9.17) is 0 Å². The third-order valence-electron chi connectivity index (χ3n) is 11.0. The van der Waals surface area contributed by atoms with Crippen LogP contribution in [0, 0.1) is 52.3 Å². The van der Waals surface area contributed by atoms with Crippen molar-refractivity contribution in [3.8, 4) is 0 Å². The van der Waals surface area contributed by atoms with Crippen molar-refractivity contribution in [2.24, 2.45) is 52.3 Å². The standard InChI is InChI=1S/C29H48O2/c1-7-22(18(2)3)27(31)16-19(4)24-10-11-25-23-9-8-20-17-21(30)12-14-28(20,5)26(23)13-15-29(24,25)6/h8,18-19,21-26,30H,7,9-17H2,1-6H3/t19-,21+,22+,23+,24-,25+,26+,28+,29-/m1/s1. The Morgan fingerprint density at radius 1 is 1.10 bits per heavy atom. The summed E-state index contributed by atoms with van der Waals surface area (Å²) in [6.45, 7) is 14.1. The number of rotatable bonds is 6. The van der Waals surface area contributed by atoms with Crippen LogP contribution in [0.3, 0.4) is 0 Å². The van der Waals surface area contributed by atoms with Gasteiger partial charge in [0, 0.05) is 12.3 Å². The normalized spacial score (nSPS) is 44.1. The molecule has 0 unspecified atom stereocenters. The van der Waals surface area contributed by atoms with E-state index in [-0.39, 0.29) is 12.0 Å². The van der Waals surface area contributed by atoms with Crippen LogP contribution in [-0.4, -0.2) is 17.0 Å². The Kier molecular flexibility index (Phi) is 6.54. The predicted molar refractivity (Wildman–Crippen MR) is 129 cm³/mol. The van der Waals surface area contributed by atoms with E-state index < -0.39 is 0 Å². The van der Waals surface area contributed by atoms with Crippen molar-refractivity contribution in [2.75, 3.05) is 0 Å². The third kappa shape index (κ3) is 3.87. The lowest BCUT2D eigenvalue weighted by atomic mass is 9.47. The number of Topliss-reactive ketones (excluding diaryl/α,β-unsaturated/α-hetero) is 1. The van der Waals surface area contributed by atoms with Crippen LogP contribution in [0.4, 0.5) is 0 Å². The first-order valence-corrected chi connectivity index (χ1v) is 13.5. The molecular formula is C29H48O2. The molecule has 0 spiro atoms. The van der Waals surface area contributed by atoms with Crippen LogP contribution in [0.15, 0.2) is 11.6 Å². The molecule has 3 saturated carbocycles. The summed E-state index contributed by atoms with van der Waals surface area (Å²) in [5, 5.41) is 10.2. The summed E-state index contributed by atoms with van der Waals surface area (Å²) in [6.07, 6.45) is 13.9. The molecule has 9 atom stereocenters. The largest absolute Gasteiger partial charge is 0.393 e. The van der Waals surface area contributed by atoms with Crippen LogP contribution >= 0.6 is 0 Å². The molecule has 0 amide bonds. The zero-order chi connectivity index (χ0) is 22.6. The van der Waals surface area contributed by atoms with Crippen molar-refractivity contribution in [3.05, 3.63) is 11.6 Å². The zero-order valence-electron chi connectivity index (χ0n) is 21.1. The van der Waals surface area contributed by atoms with Gasteiger partial charge in [-0.3, -0.25) is 4.79 Å². The second kappa shape index (κ2) is 8.62. The van der Waals surface area contributed by atoms with Crippen molar-refractivity contribution in [1.82, 2.24) is 0 Å². The molecule has 4 aliphatic rings. The molecule has 0 bridgehead atoms. The van der Waals surface area contributed by atoms with E-state index in [9.17, 15) is 9.90 Å². The number of ketones is 1. The first kappa shape index (κ1) is 23.5. The average molecular weight is 429 g/mol. The van der Waals surface area contributed by atoms with E-state index in [0.717, 1.165) is 43.4 Å². The molecule has 4 aliphatic carbocycles. The van der Waals surface area contributed by atoms with Crippen LogP contribution in [0.2, 0.25) is 0 Å². The molecule has 1 N–H and O–H groups in total. The van der Waals surface area contributed by atoms with E-state index in [1.807, 2.05) is 0 Å². The molecular weight excluding hydrogens is 380 g/mol. The Morgan fingerprint density at radius 2 is 1.84 bits per heavy atom. The molecule has 0 aromatic rings. The summed E-state index contributed by atoms with van der Waals surface area (Å²) in [6, 6.07) is 0. The lowest BCUT2D eigenvalue weighted by Crippen LogP contribution is -2.50. The van der Waals surface area contributed by atoms with Gasteiger partial charge >= 0.3 is 0 Å². The molecule has 4 rings (SSSR count). The molecule has 0 aromatic carbocycles. The van der Waals surface area contributed by atoms with Crippen molar-refractivity contribution in [1.29, 1.82) is 0 Å². The Bertz CT molecular complexity index is 708. The van der Waals surface area contributed by atoms with Gasteiger partial charge in [0.15, 0.2) is 0 Å². The fourth-order valence-electron chi connectivity index (χ4n) is 9.30. The lowest BCUT2D eigenvalue weighted by molar-refractivity contribution is -0.126. The van der Waals surface area contributed by atoms with Crippen LogP contribution < -0.4 is 0 Å². The summed E-state index contributed by atoms with van der Waals surface area (Å²) in [5.41, 5.74) is 2.31. The highest BCUT2D eigenvalue weighted by Crippen LogP contribution is 2.67. The Balaban J connectivity index is 1.50. The van der Waals surface area contributed by atoms with Crippen LogP contribution in [0.5, 0.6) is 0 Å². The number of hydrogen-bond donors (Lipinski definition) is 1. The SMILES string of the molecule is CC[C@H](C(=O)C[C@@H](C)[C@H]1CC[C@H]2[C@@H]3CC=C4C[C@@H](O)CC[C@]4(C)[C@H]3CC[C@]12C)C(C)C. The minimum Gasteiger partial charge on any atom is -0.393 e. The van der Waals surface area contributed by atoms with E-state index >= 15 is 0 Å². The van der Waals surface area contributed by atoms with Crippen molar-refractivity contribution < 1.29 is 9.90 Å². The summed E-state index contributed by atoms with van der Waals surface area (Å²) in [7, 11) is 0. The highest BCUT2D eigenvalue weighted by molar-refractivity contribution is 5.81. The lowest BCUT2D eigenvalue weighted by Gasteiger charge is -2.58. The molecule has 0 saturated heterocycles. The molecule has 2 nitrogen and oxygen atoms in total. The second-order valence-electron chi connectivity index (χ2n) is 12.8. The predicted octanol–water partition coefficient (Wildman–Crippen LogP) is 7.20. The molecule has 0 heterocycles. The summed E-state index contributed by atoms with van der Waals surface area (Å²) in [5.74, 6) is 4.89. The van der Waals surface area contributed by atoms with E-state index in [2.05, 4.69) is 47.6 Å². The second-order valence-corrected chi connectivity index (χ2v) is 12.8. The van der Waals surface area contributed by atoms with Gasteiger partial charge in [0.25, 0.3) is 0 Å². The smallest absolute Gasteiger partial charge is 0.136 e. The van der Waals surface area contributed by atoms with Gasteiger partial charge < -0.3 is 5.11 Å². The molecule has 0 aromatic heterocycles. The zero-order valence-corrected chi connectivity index (χ0v) is 21.1. The maximum atomic E-state index is 13.1. The van der Waals surface area contributed by atoms with Crippen molar-refractivity contribution >= 4 is 5.78 Å². The molecule has 176 valence electrons. The van der Waals surface area contributed by atoms with E-state index in [1.165, 1.54) is 38.5 Å². The number of carbonyl (C=O) groups is 1. The number of fused-ring (bicyclic) bond motifs is 5. The third-order valence-corrected chi connectivity index (χ3v) is 11.0. The minimum absolute atomic E-state index is 0.114. The molecule has 3 fully saturated rings. The quantitative estimate of drug-likeness (QED) is 0.454. The monoisotopic (exact) mass is 428 g/mol. The van der Waals surface area contributed by atoms with Gasteiger partial charge in [0.2, 0.25) is 0 Å². The summed E-state index contributed by atoms with van der Waals surface area (Å²) < 4.78 is 0. The summed E-state index contributed by atoms with van der Waals surface area (Å²) in [4.78, 5) is 13.1. The van der Waals surface area contributed by atoms with Crippen LogP contribution in [0.25, 0.3) is 0 Å². The Labute approximate surface area is 191 Å². The molecule has 0 aliphatic heterocycles. The summed E-state index contributed by atoms with van der Waals surface area (Å²) >= 11 is 0. The van der Waals surface area contributed by atoms with Gasteiger partial charge in [0.05, 0.1) is 6.10 Å². The molecule has 0 radical (unpaired) electrons. The maximum Gasteiger partial charge on any atom is 0.136 e. The van der Waals surface area contributed by atoms with E-state index in [0.29, 0.717) is 34.4 Å². The maximum absolute atomic E-state index is 13.1. The highest BCUT2D eigenvalue weighted by Gasteiger charge is 2.59. The Morgan fingerprint density at radius 3 is 2.52 bits per heavy atom. The van der Waals surface area contributed by atoms with Crippen molar-refractivity contribution in [2.45, 2.75) is 112 Å². The van der Waals surface area contributed by atoms with Gasteiger partial charge in [0.1, 0.15) is 5.78 Å². The van der Waals surface area contributed by atoms with E-state index in [1.54, 1.807) is 5.57 Å².